The van der Waals surface area contributed by atoms with Crippen LogP contribution in [0.3, 0.4) is 0 Å². The van der Waals surface area contributed by atoms with Gasteiger partial charge in [-0.1, -0.05) is 27.5 Å². The summed E-state index contributed by atoms with van der Waals surface area (Å²) in [7, 11) is 0. The van der Waals surface area contributed by atoms with Crippen LogP contribution in [0, 0.1) is 0 Å². The van der Waals surface area contributed by atoms with Crippen LogP contribution in [0.25, 0.3) is 0 Å². The molecule has 1 aliphatic heterocycles. The van der Waals surface area contributed by atoms with E-state index in [4.69, 9.17) is 16.3 Å². The van der Waals surface area contributed by atoms with Crippen LogP contribution in [-0.2, 0) is 10.9 Å². The molecule has 0 saturated carbocycles. The first kappa shape index (κ1) is 23.6. The summed E-state index contributed by atoms with van der Waals surface area (Å²) in [4.78, 5) is 25.8. The number of hydrogen-bond donors (Lipinski definition) is 2. The summed E-state index contributed by atoms with van der Waals surface area (Å²) in [5.41, 5.74) is -2.22. The van der Waals surface area contributed by atoms with Crippen molar-refractivity contribution in [1.82, 2.24) is 10.2 Å². The summed E-state index contributed by atoms with van der Waals surface area (Å²) in [6.45, 7) is 5.67. The number of carbonyl (C=O) groups is 2. The number of urea groups is 1. The van der Waals surface area contributed by atoms with Gasteiger partial charge < -0.3 is 20.3 Å². The van der Waals surface area contributed by atoms with E-state index in [2.05, 4.69) is 26.6 Å². The lowest BCUT2D eigenvalue weighted by Gasteiger charge is -2.33. The molecule has 1 atom stereocenters. The van der Waals surface area contributed by atoms with Gasteiger partial charge in [-0.25, -0.2) is 9.59 Å². The molecule has 2 rings (SSSR count). The first-order valence-electron chi connectivity index (χ1n) is 8.88. The number of hydrogen-bond acceptors (Lipinski definition) is 3. The number of nitrogens with one attached hydrogen (secondary N) is 2. The van der Waals surface area contributed by atoms with Crippen LogP contribution in [0.1, 0.15) is 39.2 Å². The SMILES string of the molecule is CC(C)(C)OC(=O)NC1CCCN(C(=O)Nc2c(Cl)cc(Br)cc2C(F)(F)F)C1. The third-order valence-electron chi connectivity index (χ3n) is 4.02. The van der Waals surface area contributed by atoms with E-state index in [1.165, 1.54) is 11.0 Å². The van der Waals surface area contributed by atoms with E-state index < -0.39 is 35.2 Å². The molecule has 1 aromatic carbocycles. The number of ether oxygens (including phenoxy) is 1. The normalized spacial score (nSPS) is 17.7. The van der Waals surface area contributed by atoms with Gasteiger partial charge in [-0.05, 0) is 45.7 Å². The Morgan fingerprint density at radius 2 is 1.93 bits per heavy atom. The van der Waals surface area contributed by atoms with Crippen LogP contribution in [0.2, 0.25) is 5.02 Å². The molecule has 0 radical (unpaired) electrons. The van der Waals surface area contributed by atoms with Gasteiger partial charge in [0.25, 0.3) is 0 Å². The zero-order chi connectivity index (χ0) is 22.0. The van der Waals surface area contributed by atoms with E-state index in [0.717, 1.165) is 6.07 Å². The Morgan fingerprint density at radius 3 is 2.52 bits per heavy atom. The maximum Gasteiger partial charge on any atom is 0.418 e. The van der Waals surface area contributed by atoms with Crippen molar-refractivity contribution in [3.8, 4) is 0 Å². The largest absolute Gasteiger partial charge is 0.444 e. The summed E-state index contributed by atoms with van der Waals surface area (Å²) >= 11 is 8.92. The van der Waals surface area contributed by atoms with Crippen molar-refractivity contribution in [2.24, 2.45) is 0 Å². The van der Waals surface area contributed by atoms with Gasteiger partial charge in [0.05, 0.1) is 16.3 Å². The average Bonchev–Trinajstić information content (AvgIpc) is 2.54. The molecule has 1 unspecified atom stereocenters. The highest BCUT2D eigenvalue weighted by molar-refractivity contribution is 9.10. The summed E-state index contributed by atoms with van der Waals surface area (Å²) in [5, 5.41) is 4.71. The van der Waals surface area contributed by atoms with Crippen molar-refractivity contribution in [1.29, 1.82) is 0 Å². The third-order valence-corrected chi connectivity index (χ3v) is 4.78. The molecule has 0 spiro atoms. The van der Waals surface area contributed by atoms with E-state index in [-0.39, 0.29) is 22.1 Å². The Kier molecular flexibility index (Phi) is 7.32. The number of nitrogens with zero attached hydrogens (tertiary/aromatic N) is 1. The average molecular weight is 501 g/mol. The molecule has 3 amide bonds. The van der Waals surface area contributed by atoms with E-state index in [9.17, 15) is 22.8 Å². The molecule has 0 bridgehead atoms. The molecule has 0 aromatic heterocycles. The predicted molar refractivity (Wildman–Crippen MR) is 107 cm³/mol. The lowest BCUT2D eigenvalue weighted by atomic mass is 10.1. The van der Waals surface area contributed by atoms with Crippen molar-refractivity contribution in [3.05, 3.63) is 27.2 Å². The Labute approximate surface area is 180 Å². The molecule has 0 aliphatic carbocycles. The number of alkyl carbamates (subject to hydrolysis) is 1. The monoisotopic (exact) mass is 499 g/mol. The number of alkyl halides is 3. The smallest absolute Gasteiger partial charge is 0.418 e. The van der Waals surface area contributed by atoms with Gasteiger partial charge in [0, 0.05) is 23.6 Å². The van der Waals surface area contributed by atoms with E-state index >= 15 is 0 Å². The standard InChI is InChI=1S/C18H22BrClF3N3O3/c1-17(2,3)29-16(28)24-11-5-4-6-26(9-11)15(27)25-14-12(18(21,22)23)7-10(19)8-13(14)20/h7-8,11H,4-6,9H2,1-3H3,(H,24,28)(H,25,27). The summed E-state index contributed by atoms with van der Waals surface area (Å²) in [6.07, 6.45) is -4.11. The van der Waals surface area contributed by atoms with Crippen LogP contribution >= 0.6 is 27.5 Å². The number of anilines is 1. The lowest BCUT2D eigenvalue weighted by molar-refractivity contribution is -0.137. The minimum absolute atomic E-state index is 0.139. The molecule has 2 N–H and O–H groups in total. The number of carbonyl (C=O) groups excluding carboxylic acids is 2. The minimum Gasteiger partial charge on any atom is -0.444 e. The Hall–Kier alpha value is -1.68. The minimum atomic E-state index is -4.70. The molecular weight excluding hydrogens is 479 g/mol. The highest BCUT2D eigenvalue weighted by atomic mass is 79.9. The first-order valence-corrected chi connectivity index (χ1v) is 10.0. The van der Waals surface area contributed by atoms with Gasteiger partial charge in [-0.15, -0.1) is 0 Å². The molecule has 1 saturated heterocycles. The Bertz CT molecular complexity index is 784. The van der Waals surface area contributed by atoms with Gasteiger partial charge in [0.2, 0.25) is 0 Å². The number of likely N-dealkylation sites (tertiary alicyclic amines) is 1. The fourth-order valence-electron chi connectivity index (χ4n) is 2.86. The second-order valence-electron chi connectivity index (χ2n) is 7.67. The van der Waals surface area contributed by atoms with Crippen molar-refractivity contribution < 1.29 is 27.5 Å². The number of benzene rings is 1. The summed E-state index contributed by atoms with van der Waals surface area (Å²) in [6, 6.07) is 1.03. The first-order chi connectivity index (χ1) is 13.3. The van der Waals surface area contributed by atoms with Crippen molar-refractivity contribution in [3.63, 3.8) is 0 Å². The second-order valence-corrected chi connectivity index (χ2v) is 8.99. The second kappa shape index (κ2) is 8.99. The van der Waals surface area contributed by atoms with Crippen LogP contribution in [0.15, 0.2) is 16.6 Å². The van der Waals surface area contributed by atoms with Gasteiger partial charge in [-0.3, -0.25) is 0 Å². The van der Waals surface area contributed by atoms with E-state index in [1.807, 2.05) is 0 Å². The summed E-state index contributed by atoms with van der Waals surface area (Å²) < 4.78 is 45.3. The van der Waals surface area contributed by atoms with Gasteiger partial charge >= 0.3 is 18.3 Å². The van der Waals surface area contributed by atoms with Crippen LogP contribution in [0.5, 0.6) is 0 Å². The molecule has 162 valence electrons. The Balaban J connectivity index is 2.09. The molecule has 1 heterocycles. The lowest BCUT2D eigenvalue weighted by Crippen LogP contribution is -2.51. The van der Waals surface area contributed by atoms with Crippen molar-refractivity contribution in [2.75, 3.05) is 18.4 Å². The van der Waals surface area contributed by atoms with Crippen molar-refractivity contribution in [2.45, 2.75) is 51.4 Å². The molecule has 29 heavy (non-hydrogen) atoms. The number of halogens is 5. The van der Waals surface area contributed by atoms with Crippen molar-refractivity contribution >= 4 is 45.3 Å². The highest BCUT2D eigenvalue weighted by Gasteiger charge is 2.36. The molecule has 6 nitrogen and oxygen atoms in total. The predicted octanol–water partition coefficient (Wildman–Crippen LogP) is 5.64. The van der Waals surface area contributed by atoms with Gasteiger partial charge in [0.1, 0.15) is 5.60 Å². The van der Waals surface area contributed by atoms with Crippen LogP contribution in [0.4, 0.5) is 28.4 Å². The topological polar surface area (TPSA) is 70.7 Å². The molecule has 1 fully saturated rings. The molecular formula is C18H22BrClF3N3O3. The zero-order valence-corrected chi connectivity index (χ0v) is 18.5. The fourth-order valence-corrected chi connectivity index (χ4v) is 3.72. The summed E-state index contributed by atoms with van der Waals surface area (Å²) in [5.74, 6) is 0. The molecule has 11 heteroatoms. The number of rotatable bonds is 2. The maximum absolute atomic E-state index is 13.3. The van der Waals surface area contributed by atoms with E-state index in [1.54, 1.807) is 20.8 Å². The maximum atomic E-state index is 13.3. The molecule has 1 aliphatic rings. The van der Waals surface area contributed by atoms with Crippen LogP contribution < -0.4 is 10.6 Å². The quantitative estimate of drug-likeness (QED) is 0.552. The number of amides is 3. The zero-order valence-electron chi connectivity index (χ0n) is 16.1. The third kappa shape index (κ3) is 6.95. The number of piperidine rings is 1. The van der Waals surface area contributed by atoms with Gasteiger partial charge in [0.15, 0.2) is 0 Å². The van der Waals surface area contributed by atoms with Gasteiger partial charge in [-0.2, -0.15) is 13.2 Å². The fraction of sp³-hybridized carbons (Fsp3) is 0.556. The van der Waals surface area contributed by atoms with Crippen LogP contribution in [-0.4, -0.2) is 41.8 Å². The van der Waals surface area contributed by atoms with E-state index in [0.29, 0.717) is 19.4 Å². The molecule has 1 aromatic rings. The Morgan fingerprint density at radius 1 is 1.28 bits per heavy atom. The highest BCUT2D eigenvalue weighted by Crippen LogP contribution is 2.40.